The number of carbonyl (C=O) groups is 11. The average molecular weight is 1370 g/mol. The summed E-state index contributed by atoms with van der Waals surface area (Å²) < 4.78 is 11.5. The second-order valence-corrected chi connectivity index (χ2v) is 29.1. The summed E-state index contributed by atoms with van der Waals surface area (Å²) in [7, 11) is 13.0. The summed E-state index contributed by atoms with van der Waals surface area (Å²) >= 11 is 0. The number of rotatable bonds is 21. The Hall–Kier alpha value is -6.29. The molecule has 27 heteroatoms. The van der Waals surface area contributed by atoms with Gasteiger partial charge in [-0.25, -0.2) is 0 Å². The van der Waals surface area contributed by atoms with Gasteiger partial charge < -0.3 is 70.1 Å². The molecule has 0 aromatic carbocycles. The molecule has 11 amide bonds. The smallest absolute Gasteiger partial charge is 0.246 e. The van der Waals surface area contributed by atoms with Crippen LogP contribution in [-0.4, -0.2) is 302 Å². The Bertz CT molecular complexity index is 2630. The molecule has 2 fully saturated rings. The van der Waals surface area contributed by atoms with Gasteiger partial charge in [-0.05, 0) is 95.3 Å². The summed E-state index contributed by atoms with van der Waals surface area (Å²) in [5.74, 6) is -10.1. The van der Waals surface area contributed by atoms with Crippen LogP contribution in [0.1, 0.15) is 149 Å². The van der Waals surface area contributed by atoms with Crippen molar-refractivity contribution in [3.05, 3.63) is 12.2 Å². The predicted octanol–water partition coefficient (Wildman–Crippen LogP) is 2.28. The molecule has 0 bridgehead atoms. The highest BCUT2D eigenvalue weighted by molar-refractivity contribution is 6.00. The van der Waals surface area contributed by atoms with Crippen LogP contribution >= 0.6 is 0 Å². The lowest BCUT2D eigenvalue weighted by Gasteiger charge is -2.42. The molecule has 2 aliphatic rings. The fraction of sp³-hybridized carbons (Fsp3) is 0.814. The first-order valence-electron chi connectivity index (χ1n) is 35.0. The molecule has 0 aromatic rings. The van der Waals surface area contributed by atoms with Crippen LogP contribution < -0.4 is 21.3 Å². The van der Waals surface area contributed by atoms with E-state index >= 15 is 38.4 Å². The monoisotopic (exact) mass is 1370 g/mol. The third kappa shape index (κ3) is 24.2. The minimum atomic E-state index is -1.65. The highest BCUT2D eigenvalue weighted by atomic mass is 16.5. The maximum Gasteiger partial charge on any atom is 0.246 e. The van der Waals surface area contributed by atoms with E-state index < -0.39 is 161 Å². The van der Waals surface area contributed by atoms with Gasteiger partial charge in [0.2, 0.25) is 65.0 Å². The second-order valence-electron chi connectivity index (χ2n) is 29.1. The van der Waals surface area contributed by atoms with Gasteiger partial charge in [0.1, 0.15) is 66.5 Å². The molecule has 5 N–H and O–H groups in total. The average Bonchev–Trinajstić information content (AvgIpc) is 0.807. The number of aliphatic hydroxyl groups is 1. The standard InChI is InChI=1S/C70H127N13O14/c1-26-28-30-46(13)59(84)58-63(88)73-50(29-27-2)66(91)75(17)49(16)65(90)80(22)57(54(97-25)40-83-33-31-82(32-34-83)35-36-96-24)62(87)74-55(44(9)10)69(94)76(18)51(37-41(3)4)61(86)71-47(14)60(85)72-48(15)64(89)77(19)52(38-42(5)6)67(92)78(20)53(39-43(7)8)68(93)79(21)56(45(11)12)70(95)81(58)23/h26,28,41-59,84H,27,29-40H2,1-25H3,(H,71,86)(H,72,85)(H,73,88)(H,74,87)/b28-26+/t46-,47+,48-,49-,50+,51+,52+,53+,54+,55+,56+,57+,58+,59-/m1/s1. The van der Waals surface area contributed by atoms with Crippen molar-refractivity contribution in [2.75, 3.05) is 109 Å². The Morgan fingerprint density at radius 2 is 0.959 bits per heavy atom. The number of ether oxygens (including phenoxy) is 2. The summed E-state index contributed by atoms with van der Waals surface area (Å²) in [4.78, 5) is 178. The molecule has 0 saturated carbocycles. The summed E-state index contributed by atoms with van der Waals surface area (Å²) in [5, 5.41) is 23.5. The molecular weight excluding hydrogens is 1250 g/mol. The van der Waals surface area contributed by atoms with Crippen LogP contribution in [0.2, 0.25) is 0 Å². The van der Waals surface area contributed by atoms with Gasteiger partial charge in [-0.2, -0.15) is 0 Å². The fourth-order valence-electron chi connectivity index (χ4n) is 12.8. The van der Waals surface area contributed by atoms with Gasteiger partial charge in [-0.15, -0.1) is 0 Å². The molecular formula is C70H127N13O14. The molecule has 2 heterocycles. The number of hydrogen-bond donors (Lipinski definition) is 5. The van der Waals surface area contributed by atoms with E-state index in [0.717, 1.165) is 11.4 Å². The van der Waals surface area contributed by atoms with Crippen molar-refractivity contribution >= 4 is 65.0 Å². The van der Waals surface area contributed by atoms with Crippen LogP contribution in [0.5, 0.6) is 0 Å². The van der Waals surface area contributed by atoms with Crippen LogP contribution in [0.25, 0.3) is 0 Å². The van der Waals surface area contributed by atoms with Gasteiger partial charge in [0.25, 0.3) is 0 Å². The normalized spacial score (nSPS) is 27.5. The molecule has 0 aliphatic carbocycles. The van der Waals surface area contributed by atoms with Crippen molar-refractivity contribution in [1.29, 1.82) is 0 Å². The van der Waals surface area contributed by atoms with E-state index in [4.69, 9.17) is 9.47 Å². The number of hydrogen-bond acceptors (Lipinski definition) is 16. The van der Waals surface area contributed by atoms with E-state index in [0.29, 0.717) is 45.6 Å². The molecule has 97 heavy (non-hydrogen) atoms. The first-order chi connectivity index (χ1) is 45.2. The molecule has 0 radical (unpaired) electrons. The Labute approximate surface area is 580 Å². The van der Waals surface area contributed by atoms with E-state index in [1.165, 1.54) is 107 Å². The van der Waals surface area contributed by atoms with E-state index in [2.05, 4.69) is 31.1 Å². The van der Waals surface area contributed by atoms with Gasteiger partial charge >= 0.3 is 0 Å². The predicted molar refractivity (Wildman–Crippen MR) is 374 cm³/mol. The van der Waals surface area contributed by atoms with Crippen LogP contribution in [-0.2, 0) is 62.2 Å². The number of methoxy groups -OCH3 is 2. The van der Waals surface area contributed by atoms with E-state index in [-0.39, 0.29) is 50.0 Å². The minimum absolute atomic E-state index is 0.0545. The van der Waals surface area contributed by atoms with Crippen molar-refractivity contribution in [1.82, 2.24) is 65.4 Å². The maximum absolute atomic E-state index is 15.4. The second kappa shape index (κ2) is 40.7. The Kier molecular flexibility index (Phi) is 36.4. The number of nitrogens with zero attached hydrogens (tertiary/aromatic N) is 9. The molecule has 27 nitrogen and oxygen atoms in total. The Balaban J connectivity index is 3.10. The van der Waals surface area contributed by atoms with E-state index in [9.17, 15) is 19.5 Å². The third-order valence-electron chi connectivity index (χ3n) is 19.1. The molecule has 0 spiro atoms. The highest BCUT2D eigenvalue weighted by Crippen LogP contribution is 2.26. The molecule has 2 aliphatic heterocycles. The summed E-state index contributed by atoms with van der Waals surface area (Å²) in [5.41, 5.74) is 0. The quantitative estimate of drug-likeness (QED) is 0.103. The van der Waals surface area contributed by atoms with Gasteiger partial charge in [0.15, 0.2) is 0 Å². The first kappa shape index (κ1) is 86.8. The molecule has 0 unspecified atom stereocenters. The van der Waals surface area contributed by atoms with Crippen molar-refractivity contribution in [3.8, 4) is 0 Å². The third-order valence-corrected chi connectivity index (χ3v) is 19.1. The largest absolute Gasteiger partial charge is 0.390 e. The van der Waals surface area contributed by atoms with Gasteiger partial charge in [-0.3, -0.25) is 62.5 Å². The highest BCUT2D eigenvalue weighted by Gasteiger charge is 2.47. The van der Waals surface area contributed by atoms with Crippen molar-refractivity contribution in [2.24, 2.45) is 35.5 Å². The number of piperazine rings is 1. The summed E-state index contributed by atoms with van der Waals surface area (Å²) in [6.07, 6.45) is 2.17. The first-order valence-corrected chi connectivity index (χ1v) is 35.0. The lowest BCUT2D eigenvalue weighted by atomic mass is 9.91. The van der Waals surface area contributed by atoms with Gasteiger partial charge in [-0.1, -0.05) is 102 Å². The van der Waals surface area contributed by atoms with Crippen LogP contribution in [0, 0.1) is 35.5 Å². The minimum Gasteiger partial charge on any atom is -0.390 e. The van der Waals surface area contributed by atoms with Crippen LogP contribution in [0.4, 0.5) is 0 Å². The van der Waals surface area contributed by atoms with Gasteiger partial charge in [0, 0.05) is 103 Å². The maximum atomic E-state index is 15.4. The number of nitrogens with one attached hydrogen (secondary N) is 4. The number of amides is 11. The number of allylic oxidation sites excluding steroid dienone is 2. The molecule has 2 rings (SSSR count). The number of aliphatic hydroxyl groups excluding tert-OH is 1. The van der Waals surface area contributed by atoms with E-state index in [1.54, 1.807) is 61.7 Å². The van der Waals surface area contributed by atoms with Crippen LogP contribution in [0.15, 0.2) is 12.2 Å². The van der Waals surface area contributed by atoms with Crippen LogP contribution in [0.3, 0.4) is 0 Å². The molecule has 0 aromatic heterocycles. The Morgan fingerprint density at radius 3 is 1.44 bits per heavy atom. The zero-order valence-corrected chi connectivity index (χ0v) is 63.6. The van der Waals surface area contributed by atoms with E-state index in [1.807, 2.05) is 47.6 Å². The topological polar surface area (TPSA) is 304 Å². The number of likely N-dealkylation sites (N-methyl/N-ethyl adjacent to an activating group) is 7. The fourth-order valence-corrected chi connectivity index (χ4v) is 12.8. The zero-order chi connectivity index (χ0) is 74.4. The van der Waals surface area contributed by atoms with Gasteiger partial charge in [0.05, 0.1) is 18.8 Å². The SMILES string of the molecule is C/C=C/C[C@@H](C)[C@@H](O)[C@H]1C(=O)N[C@@H](CCC)C(=O)N(C)[C@H](C)C(=O)N(C)[C@@H]([C@H](CN2CCN(CCOC)CC2)OC)C(=O)N[C@@H](C(C)C)C(=O)N(C)[C@@H](CC(C)C)C(=O)N[C@@H](C)C(=O)N[C@H](C)C(=O)N(C)[C@@H](CC(C)C)C(=O)N(C)[C@@H](CC(C)C)C(=O)N(C)[C@@H](C(C)C)C(=O)N1C. The summed E-state index contributed by atoms with van der Waals surface area (Å²) in [6, 6.07) is -14.3. The lowest BCUT2D eigenvalue weighted by Crippen LogP contribution is -2.65. The van der Waals surface area contributed by atoms with Crippen molar-refractivity contribution < 1.29 is 67.3 Å². The zero-order valence-electron chi connectivity index (χ0n) is 63.6. The molecule has 556 valence electrons. The van der Waals surface area contributed by atoms with Crippen molar-refractivity contribution in [2.45, 2.75) is 228 Å². The molecule has 2 saturated heterocycles. The number of carbonyl (C=O) groups excluding carboxylic acids is 11. The molecule has 14 atom stereocenters. The lowest BCUT2D eigenvalue weighted by molar-refractivity contribution is -0.157. The van der Waals surface area contributed by atoms with Crippen molar-refractivity contribution in [3.63, 3.8) is 0 Å². The Morgan fingerprint density at radius 1 is 0.495 bits per heavy atom. The summed E-state index contributed by atoms with van der Waals surface area (Å²) in [6.45, 7) is 31.8.